The molecule has 0 spiro atoms. The van der Waals surface area contributed by atoms with Gasteiger partial charge in [-0.25, -0.2) is 0 Å². The Morgan fingerprint density at radius 2 is 0.640 bits per heavy atom. The molecule has 12 aromatic carbocycles. The molecule has 1 unspecified atom stereocenters. The van der Waals surface area contributed by atoms with Gasteiger partial charge in [-0.05, 0) is 206 Å². The Balaban J connectivity index is 0.717. The van der Waals surface area contributed by atoms with Crippen molar-refractivity contribution in [1.82, 2.24) is 0 Å². The van der Waals surface area contributed by atoms with Crippen LogP contribution in [0.4, 0.5) is 34.1 Å². The van der Waals surface area contributed by atoms with E-state index in [9.17, 15) is 0 Å². The van der Waals surface area contributed by atoms with Gasteiger partial charge in [0.1, 0.15) is 5.75 Å². The summed E-state index contributed by atoms with van der Waals surface area (Å²) in [6, 6.07) is 111. The van der Waals surface area contributed by atoms with E-state index in [2.05, 4.69) is 328 Å². The predicted octanol–water partition coefficient (Wildman–Crippen LogP) is 22.9. The van der Waals surface area contributed by atoms with Gasteiger partial charge in [0.25, 0.3) is 0 Å². The molecule has 3 saturated heterocycles. The third-order valence-corrected chi connectivity index (χ3v) is 25.3. The lowest BCUT2D eigenvalue weighted by molar-refractivity contribution is -0.133. The molecule has 3 aliphatic heterocycles. The summed E-state index contributed by atoms with van der Waals surface area (Å²) in [7, 11) is 0. The van der Waals surface area contributed by atoms with Crippen molar-refractivity contribution < 1.29 is 18.9 Å². The maximum absolute atomic E-state index is 6.52. The zero-order valence-corrected chi connectivity index (χ0v) is 58.8. The standard InChI is InChI=1S/C92H82N2O4S2/c1-4-88(56-95-57-88)62-98-77-46-34-68(35-47-77)91(67-20-10-7-11-21-67)84-28-18-16-26-80(84)82-52-44-75(54-86(82)91)93(71-22-12-8-13-23-71)73-40-30-65(31-41-73)66-32-42-74(43-33-66)94(72-24-14-9-15-25-72)76-45-53-83-81-27-17-19-29-85(81)92(87(83)55-76,69-36-48-78(49-37-69)99-63-89(5-2)58-96-59-89)70-38-50-79(51-39-70)100-64-90(6-3)60-97-61-90/h7-55H,4-6,56-64H2,1-3H3. The molecule has 0 saturated carbocycles. The van der Waals surface area contributed by atoms with Gasteiger partial charge in [0.2, 0.25) is 0 Å². The number of fused-ring (bicyclic) bond motifs is 6. The molecule has 3 heterocycles. The average Bonchev–Trinajstić information content (AvgIpc) is 1.54. The summed E-state index contributed by atoms with van der Waals surface area (Å²) >= 11 is 3.92. The Hall–Kier alpha value is -9.38. The van der Waals surface area contributed by atoms with E-state index >= 15 is 0 Å². The summed E-state index contributed by atoms with van der Waals surface area (Å²) in [5.41, 5.74) is 23.2. The van der Waals surface area contributed by atoms with Crippen LogP contribution < -0.4 is 14.5 Å². The second-order valence-corrected chi connectivity index (χ2v) is 30.4. The highest BCUT2D eigenvalue weighted by atomic mass is 32.2. The maximum Gasteiger partial charge on any atom is 0.119 e. The second kappa shape index (κ2) is 26.6. The van der Waals surface area contributed by atoms with E-state index in [4.69, 9.17) is 18.9 Å². The van der Waals surface area contributed by atoms with Crippen molar-refractivity contribution in [1.29, 1.82) is 0 Å². The van der Waals surface area contributed by atoms with Crippen molar-refractivity contribution in [3.63, 3.8) is 0 Å². The molecule has 17 rings (SSSR count). The second-order valence-electron chi connectivity index (χ2n) is 28.3. The fourth-order valence-corrected chi connectivity index (χ4v) is 18.5. The lowest BCUT2D eigenvalue weighted by Crippen LogP contribution is -2.46. The lowest BCUT2D eigenvalue weighted by atomic mass is 9.67. The van der Waals surface area contributed by atoms with Gasteiger partial charge in [-0.15, -0.1) is 23.5 Å². The molecule has 12 aromatic rings. The third kappa shape index (κ3) is 11.1. The molecular weight excluding hydrogens is 1260 g/mol. The number of para-hydroxylation sites is 2. The summed E-state index contributed by atoms with van der Waals surface area (Å²) in [4.78, 5) is 7.41. The van der Waals surface area contributed by atoms with Crippen LogP contribution >= 0.6 is 23.5 Å². The SMILES string of the molecule is CCC1(COc2ccc(C3(c4ccccc4)c4ccccc4-c4ccc(N(c5ccccc5)c5ccc(-c6ccc(N(c7ccccc7)c7ccc8c(c7)C(c7ccc(SCC9(CC)COC9)cc7)(c7ccc(SCC9(CC)COC9)cc7)c7ccccc7-8)cc6)cc5)cc43)cc2)COC1. The largest absolute Gasteiger partial charge is 0.493 e. The van der Waals surface area contributed by atoms with Gasteiger partial charge in [-0.2, -0.15) is 0 Å². The van der Waals surface area contributed by atoms with Crippen LogP contribution in [0.15, 0.2) is 307 Å². The first-order valence-electron chi connectivity index (χ1n) is 35.6. The minimum atomic E-state index is -0.605. The highest BCUT2D eigenvalue weighted by Crippen LogP contribution is 2.60. The van der Waals surface area contributed by atoms with Crippen molar-refractivity contribution in [3.05, 3.63) is 342 Å². The van der Waals surface area contributed by atoms with Gasteiger partial charge in [0, 0.05) is 66.3 Å². The van der Waals surface area contributed by atoms with Crippen LogP contribution in [0.2, 0.25) is 0 Å². The molecule has 5 aliphatic rings. The van der Waals surface area contributed by atoms with Crippen LogP contribution in [0.5, 0.6) is 5.75 Å². The molecule has 496 valence electrons. The Morgan fingerprint density at radius 1 is 0.310 bits per heavy atom. The Labute approximate surface area is 598 Å². The molecule has 0 aromatic heterocycles. The molecule has 100 heavy (non-hydrogen) atoms. The topological polar surface area (TPSA) is 43.4 Å². The van der Waals surface area contributed by atoms with Crippen molar-refractivity contribution in [2.24, 2.45) is 16.2 Å². The first-order chi connectivity index (χ1) is 49.2. The molecule has 6 nitrogen and oxygen atoms in total. The van der Waals surface area contributed by atoms with E-state index in [1.165, 1.54) is 76.6 Å². The fourth-order valence-electron chi connectivity index (χ4n) is 16.2. The average molecular weight is 1340 g/mol. The van der Waals surface area contributed by atoms with E-state index in [0.717, 1.165) is 121 Å². The van der Waals surface area contributed by atoms with Gasteiger partial charge in [0.15, 0.2) is 0 Å². The number of rotatable bonds is 23. The Kier molecular flexibility index (Phi) is 17.0. The van der Waals surface area contributed by atoms with Gasteiger partial charge >= 0.3 is 0 Å². The van der Waals surface area contributed by atoms with Crippen molar-refractivity contribution in [2.45, 2.75) is 60.7 Å². The van der Waals surface area contributed by atoms with Crippen molar-refractivity contribution in [2.75, 3.05) is 67.6 Å². The highest BCUT2D eigenvalue weighted by Gasteiger charge is 2.49. The molecule has 1 atom stereocenters. The minimum Gasteiger partial charge on any atom is -0.493 e. The minimum absolute atomic E-state index is 0.0827. The molecular formula is C92H82N2O4S2. The van der Waals surface area contributed by atoms with E-state index < -0.39 is 10.8 Å². The number of hydrogen-bond donors (Lipinski definition) is 0. The first kappa shape index (κ1) is 64.0. The number of ether oxygens (including phenoxy) is 4. The number of thioether (sulfide) groups is 2. The molecule has 8 heteroatoms. The van der Waals surface area contributed by atoms with E-state index in [1.807, 2.05) is 23.5 Å². The van der Waals surface area contributed by atoms with Gasteiger partial charge < -0.3 is 28.7 Å². The van der Waals surface area contributed by atoms with Crippen LogP contribution in [0.1, 0.15) is 84.5 Å². The highest BCUT2D eigenvalue weighted by molar-refractivity contribution is 7.99. The number of anilines is 6. The van der Waals surface area contributed by atoms with Crippen molar-refractivity contribution >= 4 is 57.6 Å². The summed E-state index contributed by atoms with van der Waals surface area (Å²) < 4.78 is 23.7. The van der Waals surface area contributed by atoms with Gasteiger partial charge in [-0.3, -0.25) is 0 Å². The molecule has 3 fully saturated rings. The molecule has 0 N–H and O–H groups in total. The van der Waals surface area contributed by atoms with Crippen LogP contribution in [0, 0.1) is 16.2 Å². The fraction of sp³-hybridized carbons (Fsp3) is 0.217. The maximum atomic E-state index is 6.52. The zero-order chi connectivity index (χ0) is 67.3. The summed E-state index contributed by atoms with van der Waals surface area (Å²) in [5, 5.41) is 0. The van der Waals surface area contributed by atoms with Gasteiger partial charge in [0.05, 0.1) is 62.5 Å². The van der Waals surface area contributed by atoms with Crippen LogP contribution in [-0.4, -0.2) is 57.8 Å². The normalized spacial score (nSPS) is 17.5. The predicted molar refractivity (Wildman–Crippen MR) is 413 cm³/mol. The third-order valence-electron chi connectivity index (χ3n) is 22.6. The number of hydrogen-bond acceptors (Lipinski definition) is 8. The molecule has 0 radical (unpaired) electrons. The van der Waals surface area contributed by atoms with Crippen LogP contribution in [-0.2, 0) is 25.0 Å². The van der Waals surface area contributed by atoms with Crippen LogP contribution in [0.25, 0.3) is 33.4 Å². The van der Waals surface area contributed by atoms with Gasteiger partial charge in [-0.1, -0.05) is 209 Å². The Bertz CT molecular complexity index is 4800. The van der Waals surface area contributed by atoms with Crippen molar-refractivity contribution in [3.8, 4) is 39.1 Å². The molecule has 0 bridgehead atoms. The Morgan fingerprint density at radius 3 is 1.02 bits per heavy atom. The summed E-state index contributed by atoms with van der Waals surface area (Å²) in [6.07, 6.45) is 3.29. The smallest absolute Gasteiger partial charge is 0.119 e. The number of nitrogens with zero attached hydrogens (tertiary/aromatic N) is 2. The summed E-state index contributed by atoms with van der Waals surface area (Å²) in [6.45, 7) is 12.4. The zero-order valence-electron chi connectivity index (χ0n) is 57.1. The lowest BCUT2D eigenvalue weighted by Gasteiger charge is -2.40. The monoisotopic (exact) mass is 1340 g/mol. The first-order valence-corrected chi connectivity index (χ1v) is 37.6. The van der Waals surface area contributed by atoms with E-state index in [-0.39, 0.29) is 16.2 Å². The van der Waals surface area contributed by atoms with Crippen LogP contribution in [0.3, 0.4) is 0 Å². The number of benzene rings is 12. The molecule has 2 aliphatic carbocycles. The molecule has 0 amide bonds. The van der Waals surface area contributed by atoms with E-state index in [1.54, 1.807) is 0 Å². The summed E-state index contributed by atoms with van der Waals surface area (Å²) in [5.74, 6) is 2.98. The quantitative estimate of drug-likeness (QED) is 0.0587. The van der Waals surface area contributed by atoms with E-state index in [0.29, 0.717) is 6.61 Å².